The van der Waals surface area contributed by atoms with Crippen LogP contribution < -0.4 is 5.32 Å². The summed E-state index contributed by atoms with van der Waals surface area (Å²) in [6.45, 7) is 1.78. The Morgan fingerprint density at radius 2 is 2.00 bits per heavy atom. The van der Waals surface area contributed by atoms with E-state index >= 15 is 0 Å². The number of nitrogens with one attached hydrogen (secondary N) is 1. The largest absolute Gasteiger partial charge is 0.388 e. The number of nitrogens with zero attached hydrogens (tertiary/aromatic N) is 2. The molecular weight excluding hydrogens is 306 g/mol. The van der Waals surface area contributed by atoms with Gasteiger partial charge in [-0.2, -0.15) is 0 Å². The molecule has 8 heteroatoms. The van der Waals surface area contributed by atoms with E-state index in [9.17, 15) is 18.3 Å². The molecule has 0 saturated heterocycles. The van der Waals surface area contributed by atoms with Gasteiger partial charge in [-0.05, 0) is 25.3 Å². The smallest absolute Gasteiger partial charge is 0.270 e. The van der Waals surface area contributed by atoms with E-state index < -0.39 is 21.3 Å². The van der Waals surface area contributed by atoms with Gasteiger partial charge in [0.2, 0.25) is 15.0 Å². The average Bonchev–Trinajstić information content (AvgIpc) is 2.45. The molecule has 1 amide bonds. The Morgan fingerprint density at radius 3 is 2.59 bits per heavy atom. The molecule has 1 saturated carbocycles. The summed E-state index contributed by atoms with van der Waals surface area (Å²) < 4.78 is 23.0. The zero-order valence-corrected chi connectivity index (χ0v) is 13.6. The third kappa shape index (κ3) is 4.01. The molecule has 0 aliphatic heterocycles. The van der Waals surface area contributed by atoms with Crippen LogP contribution >= 0.6 is 0 Å². The Kier molecular flexibility index (Phi) is 4.81. The number of carbonyl (C=O) groups is 1. The van der Waals surface area contributed by atoms with Crippen molar-refractivity contribution in [3.63, 3.8) is 0 Å². The lowest BCUT2D eigenvalue weighted by atomic mass is 9.85. The van der Waals surface area contributed by atoms with Crippen molar-refractivity contribution in [1.82, 2.24) is 15.3 Å². The first-order valence-electron chi connectivity index (χ1n) is 7.26. The predicted octanol–water partition coefficient (Wildman–Crippen LogP) is 0.614. The van der Waals surface area contributed by atoms with Gasteiger partial charge >= 0.3 is 0 Å². The fourth-order valence-electron chi connectivity index (χ4n) is 2.55. The topological polar surface area (TPSA) is 109 Å². The summed E-state index contributed by atoms with van der Waals surface area (Å²) in [5.41, 5.74) is -0.371. The van der Waals surface area contributed by atoms with Crippen molar-refractivity contribution in [3.8, 4) is 0 Å². The molecule has 1 aromatic heterocycles. The first-order chi connectivity index (χ1) is 10.2. The zero-order valence-electron chi connectivity index (χ0n) is 12.8. The summed E-state index contributed by atoms with van der Waals surface area (Å²) in [5, 5.41) is 12.7. The Balaban J connectivity index is 2.12. The summed E-state index contributed by atoms with van der Waals surface area (Å²) in [4.78, 5) is 19.8. The molecule has 0 aromatic carbocycles. The molecule has 0 unspecified atom stereocenters. The lowest BCUT2D eigenvalue weighted by molar-refractivity contribution is 0.00519. The van der Waals surface area contributed by atoms with Crippen LogP contribution in [0.15, 0.2) is 11.4 Å². The molecule has 0 bridgehead atoms. The van der Waals surface area contributed by atoms with Crippen molar-refractivity contribution in [2.45, 2.75) is 49.8 Å². The molecule has 0 radical (unpaired) electrons. The number of aryl methyl sites for hydroxylation is 1. The second-order valence-electron chi connectivity index (χ2n) is 5.92. The first kappa shape index (κ1) is 16.8. The normalized spacial score (nSPS) is 18.0. The molecule has 1 heterocycles. The third-order valence-corrected chi connectivity index (χ3v) is 4.72. The van der Waals surface area contributed by atoms with E-state index in [0.29, 0.717) is 18.4 Å². The Bertz CT molecular complexity index is 667. The van der Waals surface area contributed by atoms with Gasteiger partial charge in [0.15, 0.2) is 0 Å². The van der Waals surface area contributed by atoms with E-state index in [1.165, 1.54) is 6.20 Å². The van der Waals surface area contributed by atoms with Crippen molar-refractivity contribution in [1.29, 1.82) is 0 Å². The van der Waals surface area contributed by atoms with Gasteiger partial charge in [0.25, 0.3) is 5.91 Å². The maximum absolute atomic E-state index is 12.2. The minimum atomic E-state index is -3.57. The van der Waals surface area contributed by atoms with E-state index in [0.717, 1.165) is 25.5 Å². The van der Waals surface area contributed by atoms with Gasteiger partial charge in [-0.3, -0.25) is 4.79 Å². The number of hydrogen-bond acceptors (Lipinski definition) is 6. The molecule has 1 aromatic rings. The fourth-order valence-corrected chi connectivity index (χ4v) is 3.05. The summed E-state index contributed by atoms with van der Waals surface area (Å²) in [5.74, 6) is -0.496. The summed E-state index contributed by atoms with van der Waals surface area (Å²) in [7, 11) is -3.57. The van der Waals surface area contributed by atoms with Gasteiger partial charge in [-0.1, -0.05) is 19.3 Å². The number of aliphatic hydroxyl groups is 1. The number of aromatic nitrogens is 2. The molecule has 0 spiro atoms. The summed E-state index contributed by atoms with van der Waals surface area (Å²) in [6, 6.07) is 0. The number of rotatable bonds is 4. The second kappa shape index (κ2) is 6.29. The number of hydrogen-bond donors (Lipinski definition) is 2. The van der Waals surface area contributed by atoms with Crippen LogP contribution in [0.1, 0.15) is 48.2 Å². The molecule has 1 aliphatic carbocycles. The molecule has 2 rings (SSSR count). The third-order valence-electron chi connectivity index (χ3n) is 3.86. The standard InChI is InChI=1S/C14H21N3O4S/c1-10-8-15-13(22(2,20)21)17-11(10)12(18)16-9-14(19)6-4-3-5-7-14/h8,19H,3-7,9H2,1-2H3,(H,16,18). The molecule has 22 heavy (non-hydrogen) atoms. The maximum Gasteiger partial charge on any atom is 0.270 e. The van der Waals surface area contributed by atoms with Gasteiger partial charge in [0.05, 0.1) is 5.60 Å². The van der Waals surface area contributed by atoms with Gasteiger partial charge in [-0.15, -0.1) is 0 Å². The van der Waals surface area contributed by atoms with Crippen LogP contribution in [-0.2, 0) is 9.84 Å². The van der Waals surface area contributed by atoms with Crippen LogP contribution in [0.5, 0.6) is 0 Å². The number of sulfone groups is 1. The van der Waals surface area contributed by atoms with E-state index in [1.807, 2.05) is 0 Å². The Morgan fingerprint density at radius 1 is 1.36 bits per heavy atom. The number of carbonyl (C=O) groups excluding carboxylic acids is 1. The van der Waals surface area contributed by atoms with E-state index in [1.54, 1.807) is 6.92 Å². The zero-order chi connectivity index (χ0) is 16.4. The predicted molar refractivity (Wildman–Crippen MR) is 80.2 cm³/mol. The molecule has 1 fully saturated rings. The van der Waals surface area contributed by atoms with Crippen molar-refractivity contribution in [2.24, 2.45) is 0 Å². The molecule has 122 valence electrons. The van der Waals surface area contributed by atoms with Crippen molar-refractivity contribution in [3.05, 3.63) is 17.5 Å². The lowest BCUT2D eigenvalue weighted by Gasteiger charge is -2.32. The van der Waals surface area contributed by atoms with Crippen LogP contribution in [0.3, 0.4) is 0 Å². The molecule has 7 nitrogen and oxygen atoms in total. The van der Waals surface area contributed by atoms with Gasteiger partial charge in [0, 0.05) is 19.0 Å². The van der Waals surface area contributed by atoms with Gasteiger partial charge in [-0.25, -0.2) is 18.4 Å². The van der Waals surface area contributed by atoms with Crippen LogP contribution in [0.25, 0.3) is 0 Å². The molecular formula is C14H21N3O4S. The Labute approximate surface area is 130 Å². The maximum atomic E-state index is 12.2. The van der Waals surface area contributed by atoms with Gasteiger partial charge < -0.3 is 10.4 Å². The monoisotopic (exact) mass is 327 g/mol. The fraction of sp³-hybridized carbons (Fsp3) is 0.643. The molecule has 0 atom stereocenters. The van der Waals surface area contributed by atoms with E-state index in [2.05, 4.69) is 15.3 Å². The van der Waals surface area contributed by atoms with E-state index in [4.69, 9.17) is 0 Å². The summed E-state index contributed by atoms with van der Waals surface area (Å²) >= 11 is 0. The quantitative estimate of drug-likeness (QED) is 0.784. The highest BCUT2D eigenvalue weighted by atomic mass is 32.2. The van der Waals surface area contributed by atoms with Crippen LogP contribution in [0, 0.1) is 6.92 Å². The van der Waals surface area contributed by atoms with Crippen LogP contribution in [-0.4, -0.2) is 47.8 Å². The first-order valence-corrected chi connectivity index (χ1v) is 9.15. The Hall–Kier alpha value is -1.54. The highest BCUT2D eigenvalue weighted by Crippen LogP contribution is 2.27. The highest BCUT2D eigenvalue weighted by molar-refractivity contribution is 7.90. The van der Waals surface area contributed by atoms with E-state index in [-0.39, 0.29) is 17.4 Å². The molecule has 2 N–H and O–H groups in total. The summed E-state index contributed by atoms with van der Waals surface area (Å²) in [6.07, 6.45) is 6.60. The van der Waals surface area contributed by atoms with Crippen molar-refractivity contribution in [2.75, 3.05) is 12.8 Å². The minimum absolute atomic E-state index is 0.0230. The molecule has 1 aliphatic rings. The van der Waals surface area contributed by atoms with Gasteiger partial charge in [0.1, 0.15) is 5.69 Å². The SMILES string of the molecule is Cc1cnc(S(C)(=O)=O)nc1C(=O)NCC1(O)CCCCC1. The van der Waals surface area contributed by atoms with Crippen LogP contribution in [0.4, 0.5) is 0 Å². The van der Waals surface area contributed by atoms with Crippen molar-refractivity contribution >= 4 is 15.7 Å². The highest BCUT2D eigenvalue weighted by Gasteiger charge is 2.30. The minimum Gasteiger partial charge on any atom is -0.388 e. The van der Waals surface area contributed by atoms with Crippen molar-refractivity contribution < 1.29 is 18.3 Å². The van der Waals surface area contributed by atoms with Crippen LogP contribution in [0.2, 0.25) is 0 Å². The number of amides is 1. The average molecular weight is 327 g/mol. The second-order valence-corrected chi connectivity index (χ2v) is 7.83. The lowest BCUT2D eigenvalue weighted by Crippen LogP contribution is -2.44.